The van der Waals surface area contributed by atoms with Crippen molar-refractivity contribution in [1.82, 2.24) is 10.6 Å². The molecule has 0 unspecified atom stereocenters. The van der Waals surface area contributed by atoms with Crippen molar-refractivity contribution in [3.05, 3.63) is 64.1 Å². The Bertz CT molecular complexity index is 793. The SMILES string of the molecule is O=C(CCCNC(=O)c1ccc(Cl)cc1)NCC(=O)Nc1ccc(Cl)cc1. The summed E-state index contributed by atoms with van der Waals surface area (Å²) in [6.07, 6.45) is 0.666. The summed E-state index contributed by atoms with van der Waals surface area (Å²) in [5, 5.41) is 9.04. The highest BCUT2D eigenvalue weighted by atomic mass is 35.5. The lowest BCUT2D eigenvalue weighted by atomic mass is 10.2. The van der Waals surface area contributed by atoms with Crippen LogP contribution in [0.15, 0.2) is 48.5 Å². The van der Waals surface area contributed by atoms with Gasteiger partial charge in [0.05, 0.1) is 6.54 Å². The van der Waals surface area contributed by atoms with Gasteiger partial charge >= 0.3 is 0 Å². The molecule has 142 valence electrons. The molecule has 0 aliphatic heterocycles. The Hall–Kier alpha value is -2.57. The lowest BCUT2D eigenvalue weighted by Gasteiger charge is -2.08. The number of hydrogen-bond donors (Lipinski definition) is 3. The predicted molar refractivity (Wildman–Crippen MR) is 106 cm³/mol. The fourth-order valence-corrected chi connectivity index (χ4v) is 2.41. The number of nitrogens with one attached hydrogen (secondary N) is 3. The van der Waals surface area contributed by atoms with E-state index in [1.54, 1.807) is 48.5 Å². The van der Waals surface area contributed by atoms with Gasteiger partial charge in [-0.2, -0.15) is 0 Å². The van der Waals surface area contributed by atoms with Crippen molar-refractivity contribution in [3.63, 3.8) is 0 Å². The average molecular weight is 408 g/mol. The zero-order chi connectivity index (χ0) is 19.6. The number of benzene rings is 2. The smallest absolute Gasteiger partial charge is 0.251 e. The number of halogens is 2. The van der Waals surface area contributed by atoms with Crippen molar-refractivity contribution in [2.45, 2.75) is 12.8 Å². The van der Waals surface area contributed by atoms with Crippen LogP contribution >= 0.6 is 23.2 Å². The van der Waals surface area contributed by atoms with Crippen LogP contribution in [-0.2, 0) is 9.59 Å². The minimum atomic E-state index is -0.332. The Morgan fingerprint density at radius 1 is 0.778 bits per heavy atom. The van der Waals surface area contributed by atoms with E-state index in [0.717, 1.165) is 0 Å². The lowest BCUT2D eigenvalue weighted by Crippen LogP contribution is -2.33. The molecule has 0 atom stereocenters. The third-order valence-electron chi connectivity index (χ3n) is 3.55. The molecule has 0 bridgehead atoms. The predicted octanol–water partition coefficient (Wildman–Crippen LogP) is 3.26. The summed E-state index contributed by atoms with van der Waals surface area (Å²) in [6.45, 7) is 0.227. The van der Waals surface area contributed by atoms with Crippen LogP contribution in [0.3, 0.4) is 0 Å². The van der Waals surface area contributed by atoms with Gasteiger partial charge in [0, 0.05) is 34.3 Å². The van der Waals surface area contributed by atoms with E-state index in [4.69, 9.17) is 23.2 Å². The lowest BCUT2D eigenvalue weighted by molar-refractivity contribution is -0.124. The molecule has 2 aromatic rings. The largest absolute Gasteiger partial charge is 0.352 e. The Balaban J connectivity index is 1.60. The topological polar surface area (TPSA) is 87.3 Å². The Morgan fingerprint density at radius 3 is 2.00 bits per heavy atom. The van der Waals surface area contributed by atoms with Crippen molar-refractivity contribution in [2.24, 2.45) is 0 Å². The van der Waals surface area contributed by atoms with E-state index in [2.05, 4.69) is 16.0 Å². The number of carbonyl (C=O) groups is 3. The van der Waals surface area contributed by atoms with Gasteiger partial charge in [0.1, 0.15) is 0 Å². The van der Waals surface area contributed by atoms with Gasteiger partial charge in [-0.05, 0) is 55.0 Å². The molecule has 2 aromatic carbocycles. The summed E-state index contributed by atoms with van der Waals surface area (Å²) in [7, 11) is 0. The van der Waals surface area contributed by atoms with Gasteiger partial charge in [0.2, 0.25) is 11.8 Å². The van der Waals surface area contributed by atoms with Crippen molar-refractivity contribution in [3.8, 4) is 0 Å². The molecular weight excluding hydrogens is 389 g/mol. The van der Waals surface area contributed by atoms with Crippen molar-refractivity contribution < 1.29 is 14.4 Å². The fourth-order valence-electron chi connectivity index (χ4n) is 2.16. The molecule has 0 aromatic heterocycles. The number of rotatable bonds is 8. The molecule has 8 heteroatoms. The van der Waals surface area contributed by atoms with E-state index in [9.17, 15) is 14.4 Å². The average Bonchev–Trinajstić information content (AvgIpc) is 2.66. The minimum absolute atomic E-state index is 0.126. The first-order chi connectivity index (χ1) is 12.9. The highest BCUT2D eigenvalue weighted by Gasteiger charge is 2.08. The Morgan fingerprint density at radius 2 is 1.37 bits per heavy atom. The van der Waals surface area contributed by atoms with Crippen molar-refractivity contribution >= 4 is 46.6 Å². The second-order valence-electron chi connectivity index (χ2n) is 5.70. The van der Waals surface area contributed by atoms with Crippen LogP contribution in [0.25, 0.3) is 0 Å². The first-order valence-corrected chi connectivity index (χ1v) is 9.05. The van der Waals surface area contributed by atoms with Gasteiger partial charge in [0.25, 0.3) is 5.91 Å². The van der Waals surface area contributed by atoms with Crippen molar-refractivity contribution in [2.75, 3.05) is 18.4 Å². The maximum absolute atomic E-state index is 11.9. The number of hydrogen-bond acceptors (Lipinski definition) is 3. The molecule has 0 saturated carbocycles. The van der Waals surface area contributed by atoms with Gasteiger partial charge in [0.15, 0.2) is 0 Å². The first-order valence-electron chi connectivity index (χ1n) is 8.30. The molecule has 0 fully saturated rings. The zero-order valence-corrected chi connectivity index (χ0v) is 15.9. The van der Waals surface area contributed by atoms with Gasteiger partial charge in [-0.1, -0.05) is 23.2 Å². The van der Waals surface area contributed by atoms with E-state index in [0.29, 0.717) is 34.3 Å². The van der Waals surface area contributed by atoms with Crippen molar-refractivity contribution in [1.29, 1.82) is 0 Å². The molecule has 0 saturated heterocycles. The summed E-state index contributed by atoms with van der Waals surface area (Å²) in [6, 6.07) is 13.2. The van der Waals surface area contributed by atoms with Gasteiger partial charge in [-0.15, -0.1) is 0 Å². The maximum Gasteiger partial charge on any atom is 0.251 e. The second kappa shape index (κ2) is 10.5. The van der Waals surface area contributed by atoms with E-state index in [-0.39, 0.29) is 30.7 Å². The third kappa shape index (κ3) is 7.68. The van der Waals surface area contributed by atoms with Gasteiger partial charge in [-0.25, -0.2) is 0 Å². The van der Waals surface area contributed by atoms with Crippen LogP contribution in [0.4, 0.5) is 5.69 Å². The van der Waals surface area contributed by atoms with E-state index >= 15 is 0 Å². The van der Waals surface area contributed by atoms with E-state index in [1.807, 2.05) is 0 Å². The molecular formula is C19H19Cl2N3O3. The fraction of sp³-hybridized carbons (Fsp3) is 0.211. The molecule has 27 heavy (non-hydrogen) atoms. The molecule has 0 spiro atoms. The summed E-state index contributed by atoms with van der Waals surface area (Å²) in [5.74, 6) is -0.821. The molecule has 2 rings (SSSR count). The standard InChI is InChI=1S/C19H19Cl2N3O3/c20-14-5-3-13(4-6-14)19(27)22-11-1-2-17(25)23-12-18(26)24-16-9-7-15(21)8-10-16/h3-10H,1-2,11-12H2,(H,22,27)(H,23,25)(H,24,26). The second-order valence-corrected chi connectivity index (χ2v) is 6.57. The highest BCUT2D eigenvalue weighted by Crippen LogP contribution is 2.13. The molecule has 0 radical (unpaired) electrons. The number of anilines is 1. The van der Waals surface area contributed by atoms with Crippen LogP contribution in [-0.4, -0.2) is 30.8 Å². The zero-order valence-electron chi connectivity index (χ0n) is 14.4. The van der Waals surface area contributed by atoms with Crippen LogP contribution < -0.4 is 16.0 Å². The minimum Gasteiger partial charge on any atom is -0.352 e. The van der Waals surface area contributed by atoms with Gasteiger partial charge < -0.3 is 16.0 Å². The molecule has 6 nitrogen and oxygen atoms in total. The van der Waals surface area contributed by atoms with Crippen LogP contribution in [0, 0.1) is 0 Å². The monoisotopic (exact) mass is 407 g/mol. The first kappa shape index (κ1) is 20.7. The normalized spacial score (nSPS) is 10.1. The Labute approximate surface area is 167 Å². The van der Waals surface area contributed by atoms with Crippen LogP contribution in [0.1, 0.15) is 23.2 Å². The van der Waals surface area contributed by atoms with E-state index in [1.165, 1.54) is 0 Å². The maximum atomic E-state index is 11.9. The number of amides is 3. The Kier molecular flexibility index (Phi) is 8.10. The molecule has 0 aliphatic carbocycles. The van der Waals surface area contributed by atoms with Crippen LogP contribution in [0.5, 0.6) is 0 Å². The molecule has 0 heterocycles. The van der Waals surface area contributed by atoms with Gasteiger partial charge in [-0.3, -0.25) is 14.4 Å². The third-order valence-corrected chi connectivity index (χ3v) is 4.05. The van der Waals surface area contributed by atoms with Crippen LogP contribution in [0.2, 0.25) is 10.0 Å². The molecule has 3 N–H and O–H groups in total. The molecule has 3 amide bonds. The summed E-state index contributed by atoms with van der Waals surface area (Å²) < 4.78 is 0. The highest BCUT2D eigenvalue weighted by molar-refractivity contribution is 6.31. The summed E-state index contributed by atoms with van der Waals surface area (Å²) in [4.78, 5) is 35.4. The van der Waals surface area contributed by atoms with E-state index < -0.39 is 0 Å². The number of carbonyl (C=O) groups excluding carboxylic acids is 3. The summed E-state index contributed by atoms with van der Waals surface area (Å²) in [5.41, 5.74) is 1.10. The quantitative estimate of drug-likeness (QED) is 0.586. The molecule has 0 aliphatic rings. The summed E-state index contributed by atoms with van der Waals surface area (Å²) >= 11 is 11.5.